The molecule has 0 bridgehead atoms. The van der Waals surface area contributed by atoms with Crippen molar-refractivity contribution in [2.75, 3.05) is 13.7 Å². The molecule has 0 aliphatic carbocycles. The van der Waals surface area contributed by atoms with Crippen molar-refractivity contribution in [2.45, 2.75) is 31.5 Å². The molecule has 3 N–H and O–H groups in total. The second-order valence-corrected chi connectivity index (χ2v) is 6.08. The molecule has 0 heterocycles. The molecule has 2 amide bonds. The minimum atomic E-state index is -0.661. The Kier molecular flexibility index (Phi) is 7.44. The summed E-state index contributed by atoms with van der Waals surface area (Å²) in [6, 6.07) is 18.4. The van der Waals surface area contributed by atoms with Crippen LogP contribution in [-0.2, 0) is 11.2 Å². The highest BCUT2D eigenvalue weighted by atomic mass is 16.5. The Morgan fingerprint density at radius 1 is 1.04 bits per heavy atom. The number of carbonyl (C=O) groups excluding carboxylic acids is 1. The first-order chi connectivity index (χ1) is 12.1. The maximum atomic E-state index is 12.3. The Balaban J connectivity index is 1.88. The number of aliphatic hydroxyl groups excluding tert-OH is 1. The maximum absolute atomic E-state index is 12.3. The van der Waals surface area contributed by atoms with Gasteiger partial charge >= 0.3 is 6.03 Å². The molecule has 3 unspecified atom stereocenters. The molecule has 25 heavy (non-hydrogen) atoms. The van der Waals surface area contributed by atoms with E-state index in [0.29, 0.717) is 13.0 Å². The third-order valence-electron chi connectivity index (χ3n) is 4.06. The van der Waals surface area contributed by atoms with E-state index in [1.165, 1.54) is 0 Å². The van der Waals surface area contributed by atoms with Gasteiger partial charge in [-0.25, -0.2) is 4.79 Å². The van der Waals surface area contributed by atoms with Gasteiger partial charge in [0.25, 0.3) is 0 Å². The Morgan fingerprint density at radius 3 is 2.24 bits per heavy atom. The molecule has 0 fully saturated rings. The van der Waals surface area contributed by atoms with E-state index in [9.17, 15) is 9.90 Å². The van der Waals surface area contributed by atoms with Gasteiger partial charge in [-0.05, 0) is 18.1 Å². The van der Waals surface area contributed by atoms with E-state index in [4.69, 9.17) is 4.74 Å². The lowest BCUT2D eigenvalue weighted by molar-refractivity contribution is 0.132. The quantitative estimate of drug-likeness (QED) is 0.691. The smallest absolute Gasteiger partial charge is 0.315 e. The highest BCUT2D eigenvalue weighted by Gasteiger charge is 2.19. The fourth-order valence-electron chi connectivity index (χ4n) is 2.61. The molecule has 5 heteroatoms. The number of rotatable bonds is 8. The van der Waals surface area contributed by atoms with Gasteiger partial charge in [0.1, 0.15) is 0 Å². The van der Waals surface area contributed by atoms with Crippen LogP contribution in [-0.4, -0.2) is 37.0 Å². The van der Waals surface area contributed by atoms with Gasteiger partial charge in [-0.1, -0.05) is 60.7 Å². The van der Waals surface area contributed by atoms with Crippen LogP contribution >= 0.6 is 0 Å². The number of ether oxygens (including phenoxy) is 1. The van der Waals surface area contributed by atoms with Gasteiger partial charge in [0.2, 0.25) is 0 Å². The van der Waals surface area contributed by atoms with Gasteiger partial charge in [0.15, 0.2) is 0 Å². The molecule has 0 aliphatic rings. The first kappa shape index (κ1) is 19.0. The third-order valence-corrected chi connectivity index (χ3v) is 4.06. The van der Waals surface area contributed by atoms with Crippen LogP contribution in [0, 0.1) is 0 Å². The lowest BCUT2D eigenvalue weighted by Gasteiger charge is -2.23. The van der Waals surface area contributed by atoms with Crippen LogP contribution in [0.4, 0.5) is 4.79 Å². The molecule has 0 saturated carbocycles. The Labute approximate surface area is 149 Å². The number of carbonyl (C=O) groups is 1. The third kappa shape index (κ3) is 6.21. The number of methoxy groups -OCH3 is 1. The predicted molar refractivity (Wildman–Crippen MR) is 98.3 cm³/mol. The van der Waals surface area contributed by atoms with Crippen LogP contribution in [0.1, 0.15) is 24.1 Å². The number of amides is 2. The summed E-state index contributed by atoms with van der Waals surface area (Å²) in [5.74, 6) is 0. The fourth-order valence-corrected chi connectivity index (χ4v) is 2.61. The number of hydrogen-bond donors (Lipinski definition) is 3. The summed E-state index contributed by atoms with van der Waals surface area (Å²) < 4.78 is 5.20. The minimum Gasteiger partial charge on any atom is -0.391 e. The van der Waals surface area contributed by atoms with Crippen LogP contribution < -0.4 is 10.6 Å². The first-order valence-electron chi connectivity index (χ1n) is 8.43. The lowest BCUT2D eigenvalue weighted by atomic mass is 10.0. The van der Waals surface area contributed by atoms with Crippen molar-refractivity contribution < 1.29 is 14.6 Å². The summed E-state index contributed by atoms with van der Waals surface area (Å²) in [5.41, 5.74) is 2.00. The Bertz CT molecular complexity index is 634. The number of aliphatic hydroxyl groups is 1. The van der Waals surface area contributed by atoms with E-state index in [0.717, 1.165) is 11.1 Å². The zero-order chi connectivity index (χ0) is 18.1. The predicted octanol–water partition coefficient (Wildman–Crippen LogP) is 2.67. The highest BCUT2D eigenvalue weighted by Crippen LogP contribution is 2.13. The van der Waals surface area contributed by atoms with Crippen LogP contribution in [0.5, 0.6) is 0 Å². The molecule has 134 valence electrons. The van der Waals surface area contributed by atoms with Crippen molar-refractivity contribution in [3.63, 3.8) is 0 Å². The summed E-state index contributed by atoms with van der Waals surface area (Å²) in [4.78, 5) is 12.3. The lowest BCUT2D eigenvalue weighted by Crippen LogP contribution is -2.48. The van der Waals surface area contributed by atoms with E-state index in [1.807, 2.05) is 60.7 Å². The van der Waals surface area contributed by atoms with Crippen molar-refractivity contribution in [1.82, 2.24) is 10.6 Å². The molecule has 0 aliphatic heterocycles. The number of benzene rings is 2. The van der Waals surface area contributed by atoms with Crippen molar-refractivity contribution in [2.24, 2.45) is 0 Å². The van der Waals surface area contributed by atoms with Gasteiger partial charge in [-0.3, -0.25) is 0 Å². The standard InChI is InChI=1S/C20H26N2O3/c1-15(19(23)13-16-9-5-3-6-10-16)21-20(24)22-18(14-25-2)17-11-7-4-8-12-17/h3-12,15,18-19,23H,13-14H2,1-2H3,(H2,21,22,24). The van der Waals surface area contributed by atoms with Gasteiger partial charge in [-0.15, -0.1) is 0 Å². The van der Waals surface area contributed by atoms with Gasteiger partial charge in [-0.2, -0.15) is 0 Å². The van der Waals surface area contributed by atoms with Crippen molar-refractivity contribution >= 4 is 6.03 Å². The topological polar surface area (TPSA) is 70.6 Å². The number of hydrogen-bond acceptors (Lipinski definition) is 3. The number of urea groups is 1. The molecule has 0 aromatic heterocycles. The highest BCUT2D eigenvalue weighted by molar-refractivity contribution is 5.74. The minimum absolute atomic E-state index is 0.246. The van der Waals surface area contributed by atoms with Crippen LogP contribution in [0.25, 0.3) is 0 Å². The van der Waals surface area contributed by atoms with Crippen LogP contribution in [0.2, 0.25) is 0 Å². The average molecular weight is 342 g/mol. The van der Waals surface area contributed by atoms with Crippen molar-refractivity contribution in [3.8, 4) is 0 Å². The molecule has 3 atom stereocenters. The monoisotopic (exact) mass is 342 g/mol. The zero-order valence-corrected chi connectivity index (χ0v) is 14.7. The molecule has 5 nitrogen and oxygen atoms in total. The largest absolute Gasteiger partial charge is 0.391 e. The van der Waals surface area contributed by atoms with Gasteiger partial charge in [0, 0.05) is 13.5 Å². The summed E-state index contributed by atoms with van der Waals surface area (Å²) in [7, 11) is 1.60. The summed E-state index contributed by atoms with van der Waals surface area (Å²) in [5, 5.41) is 16.0. The van der Waals surface area contributed by atoms with Crippen molar-refractivity contribution in [3.05, 3.63) is 71.8 Å². The summed E-state index contributed by atoms with van der Waals surface area (Å²) >= 11 is 0. The van der Waals surface area contributed by atoms with Crippen LogP contribution in [0.3, 0.4) is 0 Å². The molecular weight excluding hydrogens is 316 g/mol. The van der Waals surface area contributed by atoms with Gasteiger partial charge in [0.05, 0.1) is 24.8 Å². The molecule has 2 rings (SSSR count). The van der Waals surface area contributed by atoms with E-state index in [1.54, 1.807) is 14.0 Å². The van der Waals surface area contributed by atoms with E-state index in [2.05, 4.69) is 10.6 Å². The maximum Gasteiger partial charge on any atom is 0.315 e. The molecule has 0 spiro atoms. The SMILES string of the molecule is COCC(NC(=O)NC(C)C(O)Cc1ccccc1)c1ccccc1. The van der Waals surface area contributed by atoms with Gasteiger partial charge < -0.3 is 20.5 Å². The number of nitrogens with one attached hydrogen (secondary N) is 2. The fraction of sp³-hybridized carbons (Fsp3) is 0.350. The van der Waals surface area contributed by atoms with E-state index in [-0.39, 0.29) is 18.1 Å². The second-order valence-electron chi connectivity index (χ2n) is 6.08. The average Bonchev–Trinajstić information content (AvgIpc) is 2.63. The molecule has 2 aromatic rings. The normalized spacial score (nSPS) is 14.4. The second kappa shape index (κ2) is 9.81. The van der Waals surface area contributed by atoms with Crippen molar-refractivity contribution in [1.29, 1.82) is 0 Å². The Morgan fingerprint density at radius 2 is 1.64 bits per heavy atom. The molecule has 0 radical (unpaired) electrons. The molecule has 0 saturated heterocycles. The van der Waals surface area contributed by atoms with E-state index >= 15 is 0 Å². The van der Waals surface area contributed by atoms with Crippen LogP contribution in [0.15, 0.2) is 60.7 Å². The molecule has 2 aromatic carbocycles. The van der Waals surface area contributed by atoms with E-state index < -0.39 is 6.10 Å². The summed E-state index contributed by atoms with van der Waals surface area (Å²) in [6.45, 7) is 2.17. The first-order valence-corrected chi connectivity index (χ1v) is 8.43. The summed E-state index contributed by atoms with van der Waals surface area (Å²) in [6.07, 6.45) is -0.173. The Hall–Kier alpha value is -2.37. The molecular formula is C20H26N2O3. The zero-order valence-electron chi connectivity index (χ0n) is 14.7.